The van der Waals surface area contributed by atoms with Crippen LogP contribution in [0.1, 0.15) is 29.6 Å². The fraction of sp³-hybridized carbons (Fsp3) is 0.600. The van der Waals surface area contributed by atoms with Gasteiger partial charge in [-0.15, -0.1) is 0 Å². The summed E-state index contributed by atoms with van der Waals surface area (Å²) in [5.74, 6) is 0.578. The number of nitrogens with zero attached hydrogens (tertiary/aromatic N) is 3. The summed E-state index contributed by atoms with van der Waals surface area (Å²) in [7, 11) is 7.76. The molecule has 1 N–H and O–H groups in total. The van der Waals surface area contributed by atoms with E-state index < -0.39 is 0 Å². The first kappa shape index (κ1) is 16.0. The average Bonchev–Trinajstić information content (AvgIpc) is 2.42. The molecule has 1 aliphatic carbocycles. The Labute approximate surface area is 131 Å². The summed E-state index contributed by atoms with van der Waals surface area (Å²) < 4.78 is 0. The second-order valence-corrected chi connectivity index (χ2v) is 6.34. The van der Waals surface area contributed by atoms with Gasteiger partial charge in [-0.25, -0.2) is 4.98 Å². The Hall–Kier alpha value is -1.33. The summed E-state index contributed by atoms with van der Waals surface area (Å²) in [4.78, 5) is 20.7. The van der Waals surface area contributed by atoms with Crippen LogP contribution in [0.4, 0.5) is 5.82 Å². The third kappa shape index (κ3) is 3.14. The number of likely N-dealkylation sites (N-methyl/N-ethyl adjacent to an activating group) is 2. The van der Waals surface area contributed by atoms with Crippen LogP contribution >= 0.6 is 11.6 Å². The lowest BCUT2D eigenvalue weighted by Gasteiger charge is -2.49. The summed E-state index contributed by atoms with van der Waals surface area (Å²) in [6, 6.07) is 1.70. The SMILES string of the molecule is CNc1cc(C(=O)N(C)CC2(N(C)C)CCC2)c(Cl)cn1. The molecular weight excluding hydrogens is 288 g/mol. The molecule has 0 bridgehead atoms. The first-order valence-corrected chi connectivity index (χ1v) is 7.53. The fourth-order valence-electron chi connectivity index (χ4n) is 2.79. The van der Waals surface area contributed by atoms with Crippen LogP contribution in [0.5, 0.6) is 0 Å². The fourth-order valence-corrected chi connectivity index (χ4v) is 2.97. The molecule has 21 heavy (non-hydrogen) atoms. The standard InChI is InChI=1S/C15H23ClN4O/c1-17-13-8-11(12(16)9-18-13)14(21)20(4)10-15(19(2)3)6-5-7-15/h8-9H,5-7,10H2,1-4H3,(H,17,18). The molecule has 0 unspecified atom stereocenters. The molecular formula is C15H23ClN4O. The van der Waals surface area contributed by atoms with E-state index in [1.807, 2.05) is 7.05 Å². The van der Waals surface area contributed by atoms with Crippen LogP contribution in [-0.4, -0.2) is 61.0 Å². The Morgan fingerprint density at radius 3 is 2.57 bits per heavy atom. The molecule has 1 heterocycles. The molecule has 1 aromatic heterocycles. The highest BCUT2D eigenvalue weighted by Crippen LogP contribution is 2.37. The van der Waals surface area contributed by atoms with Crippen molar-refractivity contribution in [3.63, 3.8) is 0 Å². The second-order valence-electron chi connectivity index (χ2n) is 5.93. The van der Waals surface area contributed by atoms with E-state index >= 15 is 0 Å². The topological polar surface area (TPSA) is 48.5 Å². The molecule has 116 valence electrons. The number of rotatable bonds is 5. The Kier molecular flexibility index (Phi) is 4.74. The number of halogens is 1. The maximum Gasteiger partial charge on any atom is 0.255 e. The van der Waals surface area contributed by atoms with E-state index in [4.69, 9.17) is 11.6 Å². The molecule has 2 rings (SSSR count). The maximum absolute atomic E-state index is 12.6. The Balaban J connectivity index is 2.16. The van der Waals surface area contributed by atoms with Crippen molar-refractivity contribution in [1.29, 1.82) is 0 Å². The number of carbonyl (C=O) groups is 1. The van der Waals surface area contributed by atoms with Crippen molar-refractivity contribution in [2.75, 3.05) is 40.1 Å². The van der Waals surface area contributed by atoms with Gasteiger partial charge in [0.15, 0.2) is 0 Å². The van der Waals surface area contributed by atoms with Crippen molar-refractivity contribution in [3.8, 4) is 0 Å². The average molecular weight is 311 g/mol. The van der Waals surface area contributed by atoms with E-state index in [9.17, 15) is 4.79 Å². The first-order valence-electron chi connectivity index (χ1n) is 7.16. The summed E-state index contributed by atoms with van der Waals surface area (Å²) in [5.41, 5.74) is 0.599. The number of pyridine rings is 1. The van der Waals surface area contributed by atoms with Gasteiger partial charge in [0.25, 0.3) is 5.91 Å². The molecule has 0 spiro atoms. The lowest BCUT2D eigenvalue weighted by atomic mass is 9.75. The largest absolute Gasteiger partial charge is 0.373 e. The van der Waals surface area contributed by atoms with Gasteiger partial charge in [-0.05, 0) is 39.4 Å². The molecule has 1 saturated carbocycles. The van der Waals surface area contributed by atoms with Crippen LogP contribution in [0.2, 0.25) is 5.02 Å². The molecule has 0 aromatic carbocycles. The Morgan fingerprint density at radius 2 is 2.10 bits per heavy atom. The zero-order valence-electron chi connectivity index (χ0n) is 13.1. The van der Waals surface area contributed by atoms with Crippen LogP contribution in [0, 0.1) is 0 Å². The van der Waals surface area contributed by atoms with E-state index in [0.717, 1.165) is 12.8 Å². The highest BCUT2D eigenvalue weighted by Gasteiger charge is 2.40. The van der Waals surface area contributed by atoms with Gasteiger partial charge in [-0.1, -0.05) is 11.6 Å². The smallest absolute Gasteiger partial charge is 0.255 e. The molecule has 0 aliphatic heterocycles. The minimum atomic E-state index is -0.0629. The molecule has 1 aromatic rings. The van der Waals surface area contributed by atoms with E-state index in [-0.39, 0.29) is 11.4 Å². The van der Waals surface area contributed by atoms with Crippen LogP contribution in [0.25, 0.3) is 0 Å². The molecule has 1 aliphatic rings. The van der Waals surface area contributed by atoms with Crippen LogP contribution in [0.3, 0.4) is 0 Å². The van der Waals surface area contributed by atoms with E-state index in [2.05, 4.69) is 29.3 Å². The monoisotopic (exact) mass is 310 g/mol. The molecule has 0 saturated heterocycles. The predicted molar refractivity (Wildman–Crippen MR) is 86.0 cm³/mol. The van der Waals surface area contributed by atoms with Crippen molar-refractivity contribution in [3.05, 3.63) is 22.8 Å². The molecule has 6 heteroatoms. The molecule has 5 nitrogen and oxygen atoms in total. The van der Waals surface area contributed by atoms with Gasteiger partial charge >= 0.3 is 0 Å². The van der Waals surface area contributed by atoms with Gasteiger partial charge < -0.3 is 15.1 Å². The second kappa shape index (κ2) is 6.20. The summed E-state index contributed by atoms with van der Waals surface area (Å²) in [6.45, 7) is 0.715. The number of anilines is 1. The van der Waals surface area contributed by atoms with Crippen molar-refractivity contribution in [1.82, 2.24) is 14.8 Å². The molecule has 1 amide bonds. The summed E-state index contributed by atoms with van der Waals surface area (Å²) >= 11 is 6.13. The van der Waals surface area contributed by atoms with Gasteiger partial charge in [-0.3, -0.25) is 4.79 Å². The zero-order valence-corrected chi connectivity index (χ0v) is 13.9. The summed E-state index contributed by atoms with van der Waals surface area (Å²) in [6.07, 6.45) is 4.99. The van der Waals surface area contributed by atoms with Crippen molar-refractivity contribution in [2.45, 2.75) is 24.8 Å². The normalized spacial score (nSPS) is 16.5. The number of aromatic nitrogens is 1. The minimum Gasteiger partial charge on any atom is -0.373 e. The highest BCUT2D eigenvalue weighted by molar-refractivity contribution is 6.33. The van der Waals surface area contributed by atoms with Crippen molar-refractivity contribution in [2.24, 2.45) is 0 Å². The first-order chi connectivity index (χ1) is 9.89. The minimum absolute atomic E-state index is 0.0629. The van der Waals surface area contributed by atoms with Crippen LogP contribution in [0.15, 0.2) is 12.3 Å². The van der Waals surface area contributed by atoms with Gasteiger partial charge in [0, 0.05) is 32.4 Å². The number of hydrogen-bond donors (Lipinski definition) is 1. The van der Waals surface area contributed by atoms with Crippen molar-refractivity contribution >= 4 is 23.3 Å². The van der Waals surface area contributed by atoms with Gasteiger partial charge in [-0.2, -0.15) is 0 Å². The summed E-state index contributed by atoms with van der Waals surface area (Å²) in [5, 5.41) is 3.32. The van der Waals surface area contributed by atoms with E-state index in [1.165, 1.54) is 12.6 Å². The van der Waals surface area contributed by atoms with Gasteiger partial charge in [0.05, 0.1) is 10.6 Å². The number of carbonyl (C=O) groups excluding carboxylic acids is 1. The number of hydrogen-bond acceptors (Lipinski definition) is 4. The van der Waals surface area contributed by atoms with Gasteiger partial charge in [0.2, 0.25) is 0 Å². The third-order valence-electron chi connectivity index (χ3n) is 4.45. The van der Waals surface area contributed by atoms with Crippen molar-refractivity contribution < 1.29 is 4.79 Å². The van der Waals surface area contributed by atoms with Gasteiger partial charge in [0.1, 0.15) is 5.82 Å². The third-order valence-corrected chi connectivity index (χ3v) is 4.75. The van der Waals surface area contributed by atoms with Crippen LogP contribution < -0.4 is 5.32 Å². The lowest BCUT2D eigenvalue weighted by Crippen LogP contribution is -2.57. The Bertz CT molecular complexity index is 528. The number of nitrogens with one attached hydrogen (secondary N) is 1. The predicted octanol–water partition coefficient (Wildman–Crippen LogP) is 2.33. The maximum atomic E-state index is 12.6. The Morgan fingerprint density at radius 1 is 1.43 bits per heavy atom. The number of amides is 1. The molecule has 0 radical (unpaired) electrons. The highest BCUT2D eigenvalue weighted by atomic mass is 35.5. The zero-order chi connectivity index (χ0) is 15.6. The molecule has 1 fully saturated rings. The quantitative estimate of drug-likeness (QED) is 0.907. The molecule has 0 atom stereocenters. The lowest BCUT2D eigenvalue weighted by molar-refractivity contribution is 0.0252. The van der Waals surface area contributed by atoms with Crippen LogP contribution in [-0.2, 0) is 0 Å². The van der Waals surface area contributed by atoms with E-state index in [1.54, 1.807) is 18.0 Å². The van der Waals surface area contributed by atoms with E-state index in [0.29, 0.717) is 22.9 Å².